The summed E-state index contributed by atoms with van der Waals surface area (Å²) in [5.74, 6) is 1.78. The Labute approximate surface area is 119 Å². The Kier molecular flexibility index (Phi) is 3.89. The van der Waals surface area contributed by atoms with E-state index < -0.39 is 0 Å². The minimum Gasteiger partial charge on any atom is -0.316 e. The van der Waals surface area contributed by atoms with Gasteiger partial charge in [0.15, 0.2) is 4.96 Å². The number of rotatable bonds is 5. The van der Waals surface area contributed by atoms with Gasteiger partial charge < -0.3 is 5.32 Å². The zero-order valence-electron chi connectivity index (χ0n) is 11.8. The van der Waals surface area contributed by atoms with Gasteiger partial charge in [-0.25, -0.2) is 4.98 Å². The first-order valence-corrected chi connectivity index (χ1v) is 8.26. The van der Waals surface area contributed by atoms with Crippen LogP contribution in [-0.4, -0.2) is 22.5 Å². The molecule has 3 rings (SSSR count). The molecule has 1 N–H and O–H groups in total. The van der Waals surface area contributed by atoms with Gasteiger partial charge in [-0.15, -0.1) is 11.3 Å². The van der Waals surface area contributed by atoms with Crippen LogP contribution in [0.5, 0.6) is 0 Å². The zero-order valence-corrected chi connectivity index (χ0v) is 12.6. The monoisotopic (exact) mass is 277 g/mol. The summed E-state index contributed by atoms with van der Waals surface area (Å²) < 4.78 is 2.14. The van der Waals surface area contributed by atoms with Gasteiger partial charge >= 0.3 is 0 Å². The molecule has 1 aliphatic rings. The molecule has 2 heterocycles. The second-order valence-corrected chi connectivity index (χ2v) is 6.64. The number of nitrogens with one attached hydrogen (secondary N) is 1. The Morgan fingerprint density at radius 3 is 3.11 bits per heavy atom. The summed E-state index contributed by atoms with van der Waals surface area (Å²) in [6, 6.07) is 0.584. The van der Waals surface area contributed by atoms with Crippen molar-refractivity contribution in [3.05, 3.63) is 23.5 Å². The third-order valence-corrected chi connectivity index (χ3v) is 5.44. The third kappa shape index (κ3) is 2.70. The number of aromatic nitrogens is 2. The van der Waals surface area contributed by atoms with Crippen molar-refractivity contribution in [2.24, 2.45) is 11.8 Å². The van der Waals surface area contributed by atoms with Crippen LogP contribution in [0.3, 0.4) is 0 Å². The SMILES string of the molecule is CCC1CCC(C(Cc2cn3ccsc3n2)NC)C1. The second-order valence-electron chi connectivity index (χ2n) is 5.77. The fourth-order valence-corrected chi connectivity index (χ4v) is 4.17. The van der Waals surface area contributed by atoms with Gasteiger partial charge in [-0.05, 0) is 31.7 Å². The van der Waals surface area contributed by atoms with E-state index in [1.165, 1.54) is 31.4 Å². The Bertz CT molecular complexity index is 502. The molecule has 1 saturated carbocycles. The molecule has 3 unspecified atom stereocenters. The van der Waals surface area contributed by atoms with Crippen LogP contribution < -0.4 is 5.32 Å². The van der Waals surface area contributed by atoms with Crippen LogP contribution in [0.1, 0.15) is 38.3 Å². The van der Waals surface area contributed by atoms with Gasteiger partial charge in [0.05, 0.1) is 5.69 Å². The molecule has 0 spiro atoms. The Morgan fingerprint density at radius 2 is 2.42 bits per heavy atom. The number of thiazole rings is 1. The quantitative estimate of drug-likeness (QED) is 0.908. The van der Waals surface area contributed by atoms with Crippen molar-refractivity contribution in [2.45, 2.75) is 45.1 Å². The summed E-state index contributed by atoms with van der Waals surface area (Å²) in [6.45, 7) is 2.32. The number of imidazole rings is 1. The zero-order chi connectivity index (χ0) is 13.2. The van der Waals surface area contributed by atoms with Crippen molar-refractivity contribution < 1.29 is 0 Å². The summed E-state index contributed by atoms with van der Waals surface area (Å²) in [5, 5.41) is 5.62. The van der Waals surface area contributed by atoms with Gasteiger partial charge in [0.2, 0.25) is 0 Å². The summed E-state index contributed by atoms with van der Waals surface area (Å²) in [5.41, 5.74) is 1.23. The minimum absolute atomic E-state index is 0.584. The second kappa shape index (κ2) is 5.63. The van der Waals surface area contributed by atoms with Crippen molar-refractivity contribution >= 4 is 16.3 Å². The normalized spacial score (nSPS) is 25.2. The minimum atomic E-state index is 0.584. The highest BCUT2D eigenvalue weighted by Gasteiger charge is 2.29. The summed E-state index contributed by atoms with van der Waals surface area (Å²) in [4.78, 5) is 5.83. The topological polar surface area (TPSA) is 29.3 Å². The molecular formula is C15H23N3S. The Morgan fingerprint density at radius 1 is 1.53 bits per heavy atom. The Balaban J connectivity index is 1.68. The van der Waals surface area contributed by atoms with Crippen molar-refractivity contribution in [2.75, 3.05) is 7.05 Å². The molecule has 0 aromatic carbocycles. The third-order valence-electron chi connectivity index (χ3n) is 4.67. The predicted molar refractivity (Wildman–Crippen MR) is 80.7 cm³/mol. The fourth-order valence-electron chi connectivity index (χ4n) is 3.45. The van der Waals surface area contributed by atoms with Gasteiger partial charge in [-0.2, -0.15) is 0 Å². The van der Waals surface area contributed by atoms with E-state index in [0.717, 1.165) is 23.2 Å². The molecule has 1 aliphatic carbocycles. The van der Waals surface area contributed by atoms with Crippen molar-refractivity contribution in [1.82, 2.24) is 14.7 Å². The first kappa shape index (κ1) is 13.1. The number of hydrogen-bond acceptors (Lipinski definition) is 3. The highest BCUT2D eigenvalue weighted by molar-refractivity contribution is 7.15. The van der Waals surface area contributed by atoms with Crippen LogP contribution >= 0.6 is 11.3 Å². The molecule has 1 fully saturated rings. The molecule has 0 amide bonds. The van der Waals surface area contributed by atoms with Crippen LogP contribution in [0.4, 0.5) is 0 Å². The highest BCUT2D eigenvalue weighted by Crippen LogP contribution is 2.35. The van der Waals surface area contributed by atoms with Crippen molar-refractivity contribution in [3.8, 4) is 0 Å². The molecule has 3 atom stereocenters. The summed E-state index contributed by atoms with van der Waals surface area (Å²) in [6.07, 6.45) is 10.9. The smallest absolute Gasteiger partial charge is 0.193 e. The van der Waals surface area contributed by atoms with Crippen LogP contribution in [-0.2, 0) is 6.42 Å². The first-order valence-electron chi connectivity index (χ1n) is 7.38. The number of likely N-dealkylation sites (N-methyl/N-ethyl adjacent to an activating group) is 1. The largest absolute Gasteiger partial charge is 0.316 e. The highest BCUT2D eigenvalue weighted by atomic mass is 32.1. The maximum atomic E-state index is 4.71. The fraction of sp³-hybridized carbons (Fsp3) is 0.667. The van der Waals surface area contributed by atoms with Gasteiger partial charge in [-0.1, -0.05) is 19.8 Å². The molecule has 2 aromatic rings. The molecule has 0 aliphatic heterocycles. The summed E-state index contributed by atoms with van der Waals surface area (Å²) >= 11 is 1.71. The van der Waals surface area contributed by atoms with E-state index >= 15 is 0 Å². The van der Waals surface area contributed by atoms with Gasteiger partial charge in [0.1, 0.15) is 0 Å². The van der Waals surface area contributed by atoms with Gasteiger partial charge in [0, 0.05) is 30.2 Å². The van der Waals surface area contributed by atoms with E-state index in [1.807, 2.05) is 0 Å². The average molecular weight is 277 g/mol. The molecular weight excluding hydrogens is 254 g/mol. The predicted octanol–water partition coefficient (Wildman–Crippen LogP) is 3.35. The molecule has 0 bridgehead atoms. The molecule has 2 aromatic heterocycles. The lowest BCUT2D eigenvalue weighted by Crippen LogP contribution is -2.34. The molecule has 0 radical (unpaired) electrons. The van der Waals surface area contributed by atoms with Crippen LogP contribution in [0.15, 0.2) is 17.8 Å². The lowest BCUT2D eigenvalue weighted by molar-refractivity contribution is 0.360. The van der Waals surface area contributed by atoms with Crippen molar-refractivity contribution in [3.63, 3.8) is 0 Å². The number of hydrogen-bond donors (Lipinski definition) is 1. The molecule has 4 heteroatoms. The lowest BCUT2D eigenvalue weighted by atomic mass is 9.93. The van der Waals surface area contributed by atoms with Crippen LogP contribution in [0, 0.1) is 11.8 Å². The van der Waals surface area contributed by atoms with Gasteiger partial charge in [0.25, 0.3) is 0 Å². The van der Waals surface area contributed by atoms with Crippen LogP contribution in [0.2, 0.25) is 0 Å². The van der Waals surface area contributed by atoms with E-state index in [9.17, 15) is 0 Å². The van der Waals surface area contributed by atoms with Crippen molar-refractivity contribution in [1.29, 1.82) is 0 Å². The van der Waals surface area contributed by atoms with E-state index in [0.29, 0.717) is 6.04 Å². The lowest BCUT2D eigenvalue weighted by Gasteiger charge is -2.22. The maximum absolute atomic E-state index is 4.71. The maximum Gasteiger partial charge on any atom is 0.193 e. The van der Waals surface area contributed by atoms with E-state index in [4.69, 9.17) is 4.98 Å². The van der Waals surface area contributed by atoms with E-state index in [-0.39, 0.29) is 0 Å². The molecule has 104 valence electrons. The number of nitrogens with zero attached hydrogens (tertiary/aromatic N) is 2. The summed E-state index contributed by atoms with van der Waals surface area (Å²) in [7, 11) is 2.10. The van der Waals surface area contributed by atoms with E-state index in [2.05, 4.69) is 41.5 Å². The first-order chi connectivity index (χ1) is 9.30. The van der Waals surface area contributed by atoms with E-state index in [1.54, 1.807) is 11.3 Å². The average Bonchev–Trinajstić information content (AvgIpc) is 3.10. The molecule has 3 nitrogen and oxygen atoms in total. The molecule has 19 heavy (non-hydrogen) atoms. The standard InChI is InChI=1S/C15H23N3S/c1-3-11-4-5-12(8-11)14(16-2)9-13-10-18-6-7-19-15(18)17-13/h6-7,10-12,14,16H,3-5,8-9H2,1-2H3. The van der Waals surface area contributed by atoms with Gasteiger partial charge in [-0.3, -0.25) is 4.40 Å². The van der Waals surface area contributed by atoms with Crippen LogP contribution in [0.25, 0.3) is 4.96 Å². The molecule has 0 saturated heterocycles. The number of fused-ring (bicyclic) bond motifs is 1. The Hall–Kier alpha value is -0.870.